The lowest BCUT2D eigenvalue weighted by atomic mass is 9.98. The number of ether oxygens (including phenoxy) is 1. The van der Waals surface area contributed by atoms with Crippen molar-refractivity contribution >= 4 is 23.9 Å². The highest BCUT2D eigenvalue weighted by atomic mass is 16.5. The van der Waals surface area contributed by atoms with Crippen LogP contribution in [0.1, 0.15) is 36.8 Å². The molecule has 0 spiro atoms. The number of benzene rings is 2. The Bertz CT molecular complexity index is 1130. The minimum Gasteiger partial charge on any atom is -0.445 e. The fraction of sp³-hybridized carbons (Fsp3) is 0.448. The summed E-state index contributed by atoms with van der Waals surface area (Å²) in [7, 11) is 0. The molecule has 3 atom stereocenters. The van der Waals surface area contributed by atoms with Crippen LogP contribution in [0.5, 0.6) is 0 Å². The molecule has 208 valence electrons. The van der Waals surface area contributed by atoms with Crippen molar-refractivity contribution in [2.75, 3.05) is 26.2 Å². The number of carbonyl (C=O) groups excluding carboxylic acids is 3. The highest BCUT2D eigenvalue weighted by Gasteiger charge is 2.38. The number of nitrogens with zero attached hydrogens (tertiary/aromatic N) is 2. The Labute approximate surface area is 229 Å². The molecule has 0 aliphatic carbocycles. The molecule has 2 aromatic rings. The Hall–Kier alpha value is -4.08. The van der Waals surface area contributed by atoms with E-state index in [-0.39, 0.29) is 36.7 Å². The maximum atomic E-state index is 13.7. The third-order valence-electron chi connectivity index (χ3n) is 7.35. The summed E-state index contributed by atoms with van der Waals surface area (Å²) < 4.78 is 5.39. The SMILES string of the molecule is N=C(N)N1CCCC(CNC(=O)[C@@H]2CCCN2C(=O)[C@@H](Cc2ccccc2)NC(=O)OCc2ccccc2)C1. The number of amides is 3. The fourth-order valence-electron chi connectivity index (χ4n) is 5.27. The molecule has 2 heterocycles. The van der Waals surface area contributed by atoms with Crippen LogP contribution in [0, 0.1) is 11.3 Å². The predicted molar refractivity (Wildman–Crippen MR) is 148 cm³/mol. The van der Waals surface area contributed by atoms with Crippen molar-refractivity contribution < 1.29 is 19.1 Å². The molecule has 2 aromatic carbocycles. The van der Waals surface area contributed by atoms with Crippen LogP contribution in [0.2, 0.25) is 0 Å². The van der Waals surface area contributed by atoms with Gasteiger partial charge in [0.15, 0.2) is 5.96 Å². The lowest BCUT2D eigenvalue weighted by Crippen LogP contribution is -2.55. The number of hydrogen-bond acceptors (Lipinski definition) is 5. The van der Waals surface area contributed by atoms with Crippen LogP contribution in [0.4, 0.5) is 4.79 Å². The number of guanidine groups is 1. The van der Waals surface area contributed by atoms with Gasteiger partial charge < -0.3 is 30.9 Å². The molecule has 2 aliphatic rings. The second kappa shape index (κ2) is 13.6. The molecule has 4 rings (SSSR count). The topological polar surface area (TPSA) is 141 Å². The quantitative estimate of drug-likeness (QED) is 0.287. The summed E-state index contributed by atoms with van der Waals surface area (Å²) in [6, 6.07) is 17.3. The zero-order chi connectivity index (χ0) is 27.6. The number of likely N-dealkylation sites (tertiary alicyclic amines) is 2. The van der Waals surface area contributed by atoms with Crippen LogP contribution < -0.4 is 16.4 Å². The Balaban J connectivity index is 1.38. The minimum absolute atomic E-state index is 0.0536. The third kappa shape index (κ3) is 7.95. The summed E-state index contributed by atoms with van der Waals surface area (Å²) in [5, 5.41) is 13.5. The van der Waals surface area contributed by atoms with Gasteiger partial charge in [-0.3, -0.25) is 15.0 Å². The van der Waals surface area contributed by atoms with Gasteiger partial charge in [0.25, 0.3) is 0 Å². The zero-order valence-electron chi connectivity index (χ0n) is 22.2. The number of rotatable bonds is 9. The van der Waals surface area contributed by atoms with E-state index in [1.54, 1.807) is 4.90 Å². The Morgan fingerprint density at radius 2 is 1.64 bits per heavy atom. The van der Waals surface area contributed by atoms with Crippen molar-refractivity contribution in [1.29, 1.82) is 5.41 Å². The summed E-state index contributed by atoms with van der Waals surface area (Å²) in [6.45, 7) is 2.41. The maximum Gasteiger partial charge on any atom is 0.408 e. The molecule has 0 saturated carbocycles. The lowest BCUT2D eigenvalue weighted by Gasteiger charge is -2.33. The molecule has 2 aliphatic heterocycles. The third-order valence-corrected chi connectivity index (χ3v) is 7.35. The first-order valence-corrected chi connectivity index (χ1v) is 13.6. The van der Waals surface area contributed by atoms with Gasteiger partial charge in [-0.25, -0.2) is 4.79 Å². The van der Waals surface area contributed by atoms with Gasteiger partial charge in [0.1, 0.15) is 18.7 Å². The van der Waals surface area contributed by atoms with E-state index in [0.717, 1.165) is 30.5 Å². The van der Waals surface area contributed by atoms with Gasteiger partial charge in [-0.2, -0.15) is 0 Å². The van der Waals surface area contributed by atoms with Gasteiger partial charge in [-0.1, -0.05) is 60.7 Å². The van der Waals surface area contributed by atoms with Crippen LogP contribution >= 0.6 is 0 Å². The molecule has 39 heavy (non-hydrogen) atoms. The second-order valence-electron chi connectivity index (χ2n) is 10.2. The Kier molecular flexibility index (Phi) is 9.77. The van der Waals surface area contributed by atoms with Gasteiger partial charge >= 0.3 is 6.09 Å². The standard InChI is InChI=1S/C29H38N6O4/c30-28(31)34-15-7-13-23(19-34)18-32-26(36)25-14-8-16-35(25)27(37)24(17-21-9-3-1-4-10-21)33-29(38)39-20-22-11-5-2-6-12-22/h1-6,9-12,23-25H,7-8,13-20H2,(H3,30,31)(H,32,36)(H,33,38)/t23?,24-,25+/m1/s1. The number of nitrogens with one attached hydrogen (secondary N) is 3. The van der Waals surface area contributed by atoms with E-state index in [0.29, 0.717) is 32.5 Å². The van der Waals surface area contributed by atoms with Crippen molar-refractivity contribution in [2.45, 2.75) is 50.8 Å². The average molecular weight is 535 g/mol. The Morgan fingerprint density at radius 1 is 0.974 bits per heavy atom. The smallest absolute Gasteiger partial charge is 0.408 e. The first-order chi connectivity index (χ1) is 18.9. The molecule has 1 unspecified atom stereocenters. The molecule has 2 saturated heterocycles. The van der Waals surface area contributed by atoms with Gasteiger partial charge in [-0.15, -0.1) is 0 Å². The van der Waals surface area contributed by atoms with Crippen LogP contribution in [-0.2, 0) is 27.4 Å². The molecule has 10 heteroatoms. The van der Waals surface area contributed by atoms with Crippen LogP contribution in [0.3, 0.4) is 0 Å². The van der Waals surface area contributed by atoms with E-state index in [1.165, 1.54) is 0 Å². The van der Waals surface area contributed by atoms with E-state index < -0.39 is 18.2 Å². The minimum atomic E-state index is -0.869. The highest BCUT2D eigenvalue weighted by molar-refractivity contribution is 5.92. The molecule has 0 radical (unpaired) electrons. The normalized spacial score (nSPS) is 19.7. The summed E-state index contributed by atoms with van der Waals surface area (Å²) >= 11 is 0. The van der Waals surface area contributed by atoms with Crippen molar-refractivity contribution in [1.82, 2.24) is 20.4 Å². The van der Waals surface area contributed by atoms with Crippen molar-refractivity contribution in [2.24, 2.45) is 11.7 Å². The Morgan fingerprint density at radius 3 is 2.33 bits per heavy atom. The van der Waals surface area contributed by atoms with E-state index in [9.17, 15) is 14.4 Å². The van der Waals surface area contributed by atoms with Crippen LogP contribution in [-0.4, -0.2) is 71.9 Å². The predicted octanol–water partition coefficient (Wildman–Crippen LogP) is 2.24. The number of piperidine rings is 1. The van der Waals surface area contributed by atoms with Gasteiger partial charge in [-0.05, 0) is 42.7 Å². The molecule has 5 N–H and O–H groups in total. The van der Waals surface area contributed by atoms with Crippen LogP contribution in [0.25, 0.3) is 0 Å². The molecule has 10 nitrogen and oxygen atoms in total. The average Bonchev–Trinajstić information content (AvgIpc) is 3.45. The summed E-state index contributed by atoms with van der Waals surface area (Å²) in [5.74, 6) is -0.235. The largest absolute Gasteiger partial charge is 0.445 e. The second-order valence-corrected chi connectivity index (χ2v) is 10.2. The van der Waals surface area contributed by atoms with Gasteiger partial charge in [0, 0.05) is 32.6 Å². The molecule has 3 amide bonds. The van der Waals surface area contributed by atoms with E-state index in [1.807, 2.05) is 65.6 Å². The first-order valence-electron chi connectivity index (χ1n) is 13.6. The van der Waals surface area contributed by atoms with E-state index in [2.05, 4.69) is 10.6 Å². The van der Waals surface area contributed by atoms with Crippen LogP contribution in [0.15, 0.2) is 60.7 Å². The summed E-state index contributed by atoms with van der Waals surface area (Å²) in [5.41, 5.74) is 7.38. The van der Waals surface area contributed by atoms with Crippen molar-refractivity contribution in [3.05, 3.63) is 71.8 Å². The molecular formula is C29H38N6O4. The molecule has 0 bridgehead atoms. The summed E-state index contributed by atoms with van der Waals surface area (Å²) in [4.78, 5) is 43.0. The monoisotopic (exact) mass is 534 g/mol. The molecule has 0 aromatic heterocycles. The number of hydrogen-bond donors (Lipinski definition) is 4. The van der Waals surface area contributed by atoms with Crippen molar-refractivity contribution in [3.63, 3.8) is 0 Å². The number of carbonyl (C=O) groups is 3. The van der Waals surface area contributed by atoms with Gasteiger partial charge in [0.05, 0.1) is 0 Å². The maximum absolute atomic E-state index is 13.7. The van der Waals surface area contributed by atoms with E-state index in [4.69, 9.17) is 15.9 Å². The highest BCUT2D eigenvalue weighted by Crippen LogP contribution is 2.21. The zero-order valence-corrected chi connectivity index (χ0v) is 22.2. The molecule has 2 fully saturated rings. The lowest BCUT2D eigenvalue weighted by molar-refractivity contribution is -0.140. The van der Waals surface area contributed by atoms with E-state index >= 15 is 0 Å². The summed E-state index contributed by atoms with van der Waals surface area (Å²) in [6.07, 6.45) is 2.75. The van der Waals surface area contributed by atoms with Gasteiger partial charge in [0.2, 0.25) is 11.8 Å². The number of alkyl carbamates (subject to hydrolysis) is 1. The first kappa shape index (κ1) is 27.9. The molecular weight excluding hydrogens is 496 g/mol. The van der Waals surface area contributed by atoms with Crippen molar-refractivity contribution in [3.8, 4) is 0 Å². The number of nitrogens with two attached hydrogens (primary N) is 1. The fourth-order valence-corrected chi connectivity index (χ4v) is 5.27.